The van der Waals surface area contributed by atoms with Crippen molar-refractivity contribution in [2.75, 3.05) is 0 Å². The molecule has 0 aromatic rings. The van der Waals surface area contributed by atoms with E-state index in [1.165, 1.54) is 6.42 Å². The van der Waals surface area contributed by atoms with Gasteiger partial charge in [0.05, 0.1) is 11.7 Å². The molecule has 0 spiro atoms. The van der Waals surface area contributed by atoms with Gasteiger partial charge in [0.15, 0.2) is 0 Å². The lowest BCUT2D eigenvalue weighted by atomic mass is 9.43. The van der Waals surface area contributed by atoms with Crippen molar-refractivity contribution in [1.29, 1.82) is 0 Å². The van der Waals surface area contributed by atoms with Gasteiger partial charge in [-0.1, -0.05) is 13.8 Å². The van der Waals surface area contributed by atoms with E-state index in [4.69, 9.17) is 14.0 Å². The smallest absolute Gasteiger partial charge is 0.458 e. The Morgan fingerprint density at radius 1 is 1.27 bits per heavy atom. The first-order chi connectivity index (χ1) is 10.0. The number of carbonyl (C=O) groups excluding carboxylic acids is 1. The van der Waals surface area contributed by atoms with E-state index in [2.05, 4.69) is 20.8 Å². The SMILES string of the molecule is CC(C)(C)OC(=O)CCB1O[C@@H]2CC3CC(C3(C)C)[C@]2(C)O1. The van der Waals surface area contributed by atoms with E-state index in [0.29, 0.717) is 24.1 Å². The van der Waals surface area contributed by atoms with E-state index in [0.717, 1.165) is 12.3 Å². The lowest BCUT2D eigenvalue weighted by molar-refractivity contribution is -0.199. The van der Waals surface area contributed by atoms with Crippen LogP contribution in [-0.2, 0) is 18.8 Å². The van der Waals surface area contributed by atoms with Gasteiger partial charge in [-0.3, -0.25) is 4.79 Å². The van der Waals surface area contributed by atoms with E-state index in [1.54, 1.807) is 0 Å². The third kappa shape index (κ3) is 2.60. The second-order valence-corrected chi connectivity index (χ2v) is 9.02. The molecule has 1 aliphatic heterocycles. The molecule has 5 heteroatoms. The summed E-state index contributed by atoms with van der Waals surface area (Å²) in [5.41, 5.74) is -0.259. The molecule has 0 aromatic carbocycles. The fraction of sp³-hybridized carbons (Fsp3) is 0.941. The third-order valence-corrected chi connectivity index (χ3v) is 6.01. The third-order valence-electron chi connectivity index (χ3n) is 6.01. The summed E-state index contributed by atoms with van der Waals surface area (Å²) in [4.78, 5) is 11.9. The summed E-state index contributed by atoms with van der Waals surface area (Å²) in [6, 6.07) is 0. The Morgan fingerprint density at radius 2 is 1.95 bits per heavy atom. The Hall–Kier alpha value is -0.545. The first kappa shape index (κ1) is 16.3. The van der Waals surface area contributed by atoms with Gasteiger partial charge in [0.1, 0.15) is 5.60 Å². The summed E-state index contributed by atoms with van der Waals surface area (Å²) in [7, 11) is -0.266. The lowest BCUT2D eigenvalue weighted by Crippen LogP contribution is -2.65. The van der Waals surface area contributed by atoms with E-state index < -0.39 is 5.60 Å². The monoisotopic (exact) mass is 308 g/mol. The van der Waals surface area contributed by atoms with Crippen molar-refractivity contribution in [3.63, 3.8) is 0 Å². The molecule has 0 N–H and O–H groups in total. The van der Waals surface area contributed by atoms with E-state index in [-0.39, 0.29) is 24.8 Å². The molecule has 1 saturated heterocycles. The molecule has 2 bridgehead atoms. The van der Waals surface area contributed by atoms with Gasteiger partial charge in [-0.15, -0.1) is 0 Å². The number of carbonyl (C=O) groups is 1. The zero-order valence-electron chi connectivity index (χ0n) is 14.8. The van der Waals surface area contributed by atoms with Crippen LogP contribution in [0.25, 0.3) is 0 Å². The van der Waals surface area contributed by atoms with Gasteiger partial charge in [0, 0.05) is 6.42 Å². The highest BCUT2D eigenvalue weighted by molar-refractivity contribution is 6.45. The quantitative estimate of drug-likeness (QED) is 0.592. The summed E-state index contributed by atoms with van der Waals surface area (Å²) < 4.78 is 17.8. The first-order valence-electron chi connectivity index (χ1n) is 8.57. The van der Waals surface area contributed by atoms with Gasteiger partial charge in [-0.25, -0.2) is 0 Å². The second-order valence-electron chi connectivity index (χ2n) is 9.02. The molecule has 4 rings (SSSR count). The highest BCUT2D eigenvalue weighted by atomic mass is 16.7. The van der Waals surface area contributed by atoms with Gasteiger partial charge in [-0.05, 0) is 64.1 Å². The van der Waals surface area contributed by atoms with Crippen LogP contribution in [-0.4, -0.2) is 30.4 Å². The van der Waals surface area contributed by atoms with Crippen LogP contribution in [0, 0.1) is 17.3 Å². The van der Waals surface area contributed by atoms with Crippen LogP contribution >= 0.6 is 0 Å². The highest BCUT2D eigenvalue weighted by Crippen LogP contribution is 2.65. The van der Waals surface area contributed by atoms with Gasteiger partial charge in [-0.2, -0.15) is 0 Å². The minimum atomic E-state index is -0.431. The summed E-state index contributed by atoms with van der Waals surface area (Å²) in [6.07, 6.45) is 3.46. The molecule has 2 unspecified atom stereocenters. The van der Waals surface area contributed by atoms with Gasteiger partial charge in [0.2, 0.25) is 0 Å². The zero-order valence-corrected chi connectivity index (χ0v) is 14.8. The Balaban J connectivity index is 1.56. The zero-order chi connectivity index (χ0) is 16.3. The van der Waals surface area contributed by atoms with Crippen LogP contribution in [0.3, 0.4) is 0 Å². The molecule has 0 radical (unpaired) electrons. The molecular weight excluding hydrogens is 279 g/mol. The van der Waals surface area contributed by atoms with Crippen LogP contribution in [0.4, 0.5) is 0 Å². The first-order valence-corrected chi connectivity index (χ1v) is 8.57. The number of rotatable bonds is 3. The summed E-state index contributed by atoms with van der Waals surface area (Å²) in [5.74, 6) is 1.14. The predicted molar refractivity (Wildman–Crippen MR) is 85.4 cm³/mol. The molecule has 4 atom stereocenters. The summed E-state index contributed by atoms with van der Waals surface area (Å²) in [5, 5.41) is 0. The molecular formula is C17H29BO4. The average Bonchev–Trinajstić information content (AvgIpc) is 2.69. The Kier molecular flexibility index (Phi) is 3.69. The summed E-state index contributed by atoms with van der Waals surface area (Å²) in [6.45, 7) is 12.6. The number of esters is 1. The molecule has 4 fully saturated rings. The molecule has 22 heavy (non-hydrogen) atoms. The fourth-order valence-corrected chi connectivity index (χ4v) is 4.70. The van der Waals surface area contributed by atoms with E-state index in [1.807, 2.05) is 20.8 Å². The molecule has 3 saturated carbocycles. The molecule has 0 aromatic heterocycles. The van der Waals surface area contributed by atoms with Crippen LogP contribution in [0.15, 0.2) is 0 Å². The van der Waals surface area contributed by atoms with Crippen LogP contribution in [0.2, 0.25) is 6.32 Å². The normalized spacial score (nSPS) is 39.2. The van der Waals surface area contributed by atoms with Crippen molar-refractivity contribution >= 4 is 13.1 Å². The van der Waals surface area contributed by atoms with Crippen molar-refractivity contribution in [3.05, 3.63) is 0 Å². The Labute approximate surface area is 134 Å². The van der Waals surface area contributed by atoms with Crippen LogP contribution in [0.5, 0.6) is 0 Å². The Morgan fingerprint density at radius 3 is 2.55 bits per heavy atom. The number of hydrogen-bond acceptors (Lipinski definition) is 4. The molecule has 4 aliphatic rings. The largest absolute Gasteiger partial charge is 0.460 e. The van der Waals surface area contributed by atoms with Crippen molar-refractivity contribution in [2.45, 2.75) is 84.4 Å². The lowest BCUT2D eigenvalue weighted by Gasteiger charge is -2.64. The maximum Gasteiger partial charge on any atom is 0.458 e. The van der Waals surface area contributed by atoms with E-state index >= 15 is 0 Å². The van der Waals surface area contributed by atoms with Crippen LogP contribution < -0.4 is 0 Å². The fourth-order valence-electron chi connectivity index (χ4n) is 4.70. The number of ether oxygens (including phenoxy) is 1. The minimum Gasteiger partial charge on any atom is -0.460 e. The standard InChI is InChI=1S/C17H29BO4/c1-15(2,3)20-14(19)7-8-18-21-13-10-11-9-12(16(11,4)5)17(13,6)22-18/h11-13H,7-10H2,1-6H3/t11?,12?,13-,17+/m1/s1. The van der Waals surface area contributed by atoms with Crippen molar-refractivity contribution in [1.82, 2.24) is 0 Å². The Bertz CT molecular complexity index is 470. The predicted octanol–water partition coefficient (Wildman–Crippen LogP) is 3.45. The maximum atomic E-state index is 11.9. The van der Waals surface area contributed by atoms with Crippen molar-refractivity contribution in [2.24, 2.45) is 17.3 Å². The number of hydrogen-bond donors (Lipinski definition) is 0. The maximum absolute atomic E-state index is 11.9. The molecule has 1 heterocycles. The molecule has 124 valence electrons. The molecule has 0 amide bonds. The van der Waals surface area contributed by atoms with Crippen molar-refractivity contribution < 1.29 is 18.8 Å². The highest BCUT2D eigenvalue weighted by Gasteiger charge is 2.67. The molecule has 4 nitrogen and oxygen atoms in total. The molecule has 3 aliphatic carbocycles. The van der Waals surface area contributed by atoms with Gasteiger partial charge in [0.25, 0.3) is 0 Å². The average molecular weight is 308 g/mol. The second kappa shape index (κ2) is 4.97. The minimum absolute atomic E-state index is 0.177. The van der Waals surface area contributed by atoms with Crippen molar-refractivity contribution in [3.8, 4) is 0 Å². The van der Waals surface area contributed by atoms with E-state index in [9.17, 15) is 4.79 Å². The van der Waals surface area contributed by atoms with Gasteiger partial charge >= 0.3 is 13.1 Å². The topological polar surface area (TPSA) is 44.8 Å². The van der Waals surface area contributed by atoms with Crippen LogP contribution in [0.1, 0.15) is 60.8 Å². The summed E-state index contributed by atoms with van der Waals surface area (Å²) >= 11 is 0. The van der Waals surface area contributed by atoms with Gasteiger partial charge < -0.3 is 14.0 Å².